The van der Waals surface area contributed by atoms with Crippen LogP contribution in [0.2, 0.25) is 0 Å². The largest absolute Gasteiger partial charge is 0.339 e. The normalized spacial score (nSPS) is 21.5. The molecular weight excluding hydrogens is 326 g/mol. The summed E-state index contributed by atoms with van der Waals surface area (Å²) in [5, 5.41) is 3.21. The van der Waals surface area contributed by atoms with Gasteiger partial charge in [-0.25, -0.2) is 13.1 Å². The summed E-state index contributed by atoms with van der Waals surface area (Å²) in [5.41, 5.74) is 0.505. The molecular formula is C17H27N3O3S. The van der Waals surface area contributed by atoms with E-state index >= 15 is 0 Å². The molecule has 2 rings (SSSR count). The van der Waals surface area contributed by atoms with Gasteiger partial charge in [0.15, 0.2) is 0 Å². The lowest BCUT2D eigenvalue weighted by atomic mass is 9.96. The van der Waals surface area contributed by atoms with Crippen LogP contribution in [0.3, 0.4) is 0 Å². The van der Waals surface area contributed by atoms with Crippen molar-refractivity contribution in [3.05, 3.63) is 29.8 Å². The molecule has 1 aliphatic rings. The molecule has 1 saturated heterocycles. The number of carbonyl (C=O) groups excluding carboxylic acids is 1. The predicted octanol–water partition coefficient (Wildman–Crippen LogP) is 1.44. The molecule has 7 heteroatoms. The molecule has 0 saturated carbocycles. The smallest absolute Gasteiger partial charge is 0.253 e. The van der Waals surface area contributed by atoms with Crippen molar-refractivity contribution in [2.75, 3.05) is 26.2 Å². The summed E-state index contributed by atoms with van der Waals surface area (Å²) in [4.78, 5) is 14.2. The summed E-state index contributed by atoms with van der Waals surface area (Å²) in [6, 6.07) is 6.05. The average molecular weight is 353 g/mol. The Morgan fingerprint density at radius 3 is 2.42 bits per heavy atom. The molecule has 134 valence electrons. The van der Waals surface area contributed by atoms with Crippen LogP contribution in [0.1, 0.15) is 37.6 Å². The van der Waals surface area contributed by atoms with E-state index in [1.165, 1.54) is 12.1 Å². The molecule has 1 aliphatic heterocycles. The van der Waals surface area contributed by atoms with E-state index in [1.807, 2.05) is 13.8 Å². The van der Waals surface area contributed by atoms with E-state index in [0.29, 0.717) is 31.1 Å². The predicted molar refractivity (Wildman–Crippen MR) is 94.5 cm³/mol. The van der Waals surface area contributed by atoms with Gasteiger partial charge < -0.3 is 10.2 Å². The maximum atomic E-state index is 12.5. The Labute approximate surface area is 144 Å². The molecule has 2 N–H and O–H groups in total. The standard InChI is InChI=1S/C17H27N3O3S/c1-4-20(5-2)17(21)14-6-8-15(9-7-14)24(22,23)19-16-12-18-11-10-13(16)3/h6-9,13,16,18-19H,4-5,10-12H2,1-3H3. The van der Waals surface area contributed by atoms with Crippen LogP contribution < -0.4 is 10.0 Å². The zero-order valence-corrected chi connectivity index (χ0v) is 15.4. The number of sulfonamides is 1. The van der Waals surface area contributed by atoms with Crippen LogP contribution in [0.25, 0.3) is 0 Å². The first kappa shape index (κ1) is 18.9. The molecule has 0 aromatic heterocycles. The van der Waals surface area contributed by atoms with Gasteiger partial charge in [0.05, 0.1) is 4.90 Å². The zero-order chi connectivity index (χ0) is 17.7. The van der Waals surface area contributed by atoms with Crippen molar-refractivity contribution in [3.8, 4) is 0 Å². The van der Waals surface area contributed by atoms with Crippen molar-refractivity contribution in [2.24, 2.45) is 5.92 Å². The van der Waals surface area contributed by atoms with Crippen LogP contribution in [0.4, 0.5) is 0 Å². The molecule has 1 fully saturated rings. The first-order chi connectivity index (χ1) is 11.4. The van der Waals surface area contributed by atoms with E-state index in [2.05, 4.69) is 17.0 Å². The first-order valence-corrected chi connectivity index (χ1v) is 9.99. The third-order valence-corrected chi connectivity index (χ3v) is 6.10. The number of piperidine rings is 1. The summed E-state index contributed by atoms with van der Waals surface area (Å²) < 4.78 is 27.8. The Hall–Kier alpha value is -1.44. The Kier molecular flexibility index (Phi) is 6.37. The number of nitrogens with one attached hydrogen (secondary N) is 2. The third-order valence-electron chi connectivity index (χ3n) is 4.60. The maximum Gasteiger partial charge on any atom is 0.253 e. The van der Waals surface area contributed by atoms with E-state index in [0.717, 1.165) is 13.0 Å². The fourth-order valence-electron chi connectivity index (χ4n) is 2.88. The zero-order valence-electron chi connectivity index (χ0n) is 14.6. The third kappa shape index (κ3) is 4.34. The SMILES string of the molecule is CCN(CC)C(=O)c1ccc(S(=O)(=O)NC2CNCCC2C)cc1. The lowest BCUT2D eigenvalue weighted by Crippen LogP contribution is -2.50. The van der Waals surface area contributed by atoms with Gasteiger partial charge >= 0.3 is 0 Å². The maximum absolute atomic E-state index is 12.5. The van der Waals surface area contributed by atoms with Gasteiger partial charge in [-0.05, 0) is 57.0 Å². The highest BCUT2D eigenvalue weighted by Gasteiger charge is 2.26. The molecule has 1 aromatic rings. The Balaban J connectivity index is 2.12. The van der Waals surface area contributed by atoms with Crippen molar-refractivity contribution in [2.45, 2.75) is 38.1 Å². The van der Waals surface area contributed by atoms with E-state index < -0.39 is 10.0 Å². The Morgan fingerprint density at radius 2 is 1.88 bits per heavy atom. The van der Waals surface area contributed by atoms with E-state index in [4.69, 9.17) is 0 Å². The van der Waals surface area contributed by atoms with Crippen LogP contribution >= 0.6 is 0 Å². The highest BCUT2D eigenvalue weighted by Crippen LogP contribution is 2.17. The minimum Gasteiger partial charge on any atom is -0.339 e. The van der Waals surface area contributed by atoms with Crippen LogP contribution in [0.15, 0.2) is 29.2 Å². The van der Waals surface area contributed by atoms with Crippen molar-refractivity contribution in [1.82, 2.24) is 14.9 Å². The number of hydrogen-bond donors (Lipinski definition) is 2. The van der Waals surface area contributed by atoms with Gasteiger partial charge in [-0.3, -0.25) is 4.79 Å². The highest BCUT2D eigenvalue weighted by atomic mass is 32.2. The average Bonchev–Trinajstić information content (AvgIpc) is 2.58. The number of hydrogen-bond acceptors (Lipinski definition) is 4. The van der Waals surface area contributed by atoms with Gasteiger partial charge in [0.25, 0.3) is 5.91 Å². The van der Waals surface area contributed by atoms with Crippen molar-refractivity contribution in [1.29, 1.82) is 0 Å². The summed E-state index contributed by atoms with van der Waals surface area (Å²) in [5.74, 6) is 0.214. The van der Waals surface area contributed by atoms with Crippen LogP contribution in [0.5, 0.6) is 0 Å². The van der Waals surface area contributed by atoms with Gasteiger partial charge in [0, 0.05) is 31.2 Å². The van der Waals surface area contributed by atoms with Crippen molar-refractivity contribution < 1.29 is 13.2 Å². The second kappa shape index (κ2) is 8.09. The highest BCUT2D eigenvalue weighted by molar-refractivity contribution is 7.89. The molecule has 0 aliphatic carbocycles. The summed E-state index contributed by atoms with van der Waals surface area (Å²) in [6.45, 7) is 8.71. The van der Waals surface area contributed by atoms with Crippen LogP contribution in [-0.4, -0.2) is 51.4 Å². The minimum atomic E-state index is -3.58. The molecule has 24 heavy (non-hydrogen) atoms. The quantitative estimate of drug-likeness (QED) is 0.811. The molecule has 0 bridgehead atoms. The second-order valence-corrected chi connectivity index (χ2v) is 7.91. The first-order valence-electron chi connectivity index (χ1n) is 8.51. The fraction of sp³-hybridized carbons (Fsp3) is 0.588. The lowest BCUT2D eigenvalue weighted by Gasteiger charge is -2.30. The van der Waals surface area contributed by atoms with Crippen LogP contribution in [-0.2, 0) is 10.0 Å². The Bertz CT molecular complexity index is 654. The van der Waals surface area contributed by atoms with Crippen molar-refractivity contribution in [3.63, 3.8) is 0 Å². The second-order valence-electron chi connectivity index (χ2n) is 6.20. The molecule has 1 aromatic carbocycles. The molecule has 0 spiro atoms. The summed E-state index contributed by atoms with van der Waals surface area (Å²) in [7, 11) is -3.58. The van der Waals surface area contributed by atoms with Crippen molar-refractivity contribution >= 4 is 15.9 Å². The number of rotatable bonds is 6. The topological polar surface area (TPSA) is 78.5 Å². The molecule has 2 atom stereocenters. The molecule has 1 amide bonds. The number of amides is 1. The minimum absolute atomic E-state index is 0.0815. The van der Waals surface area contributed by atoms with Gasteiger partial charge in [-0.1, -0.05) is 6.92 Å². The monoisotopic (exact) mass is 353 g/mol. The summed E-state index contributed by atoms with van der Waals surface area (Å²) >= 11 is 0. The van der Waals surface area contributed by atoms with Gasteiger partial charge in [0.1, 0.15) is 0 Å². The molecule has 1 heterocycles. The van der Waals surface area contributed by atoms with Crippen LogP contribution in [0, 0.1) is 5.92 Å². The molecule has 6 nitrogen and oxygen atoms in total. The van der Waals surface area contributed by atoms with E-state index in [9.17, 15) is 13.2 Å². The lowest BCUT2D eigenvalue weighted by molar-refractivity contribution is 0.0773. The van der Waals surface area contributed by atoms with Gasteiger partial charge in [-0.15, -0.1) is 0 Å². The summed E-state index contributed by atoms with van der Waals surface area (Å²) in [6.07, 6.45) is 0.949. The number of benzene rings is 1. The molecule has 0 radical (unpaired) electrons. The Morgan fingerprint density at radius 1 is 1.25 bits per heavy atom. The number of nitrogens with zero attached hydrogens (tertiary/aromatic N) is 1. The fourth-order valence-corrected chi connectivity index (χ4v) is 4.23. The van der Waals surface area contributed by atoms with E-state index in [-0.39, 0.29) is 16.8 Å². The molecule has 2 unspecified atom stereocenters. The number of carbonyl (C=O) groups is 1. The van der Waals surface area contributed by atoms with Gasteiger partial charge in [-0.2, -0.15) is 0 Å². The van der Waals surface area contributed by atoms with E-state index in [1.54, 1.807) is 17.0 Å². The van der Waals surface area contributed by atoms with Gasteiger partial charge in [0.2, 0.25) is 10.0 Å².